The maximum absolute atomic E-state index is 14.8. The molecule has 1 atom stereocenters. The molecule has 0 radical (unpaired) electrons. The number of benzene rings is 1. The molecule has 3 N–H and O–H groups in total. The third-order valence-electron chi connectivity index (χ3n) is 5.74. The molecule has 2 heterocycles. The van der Waals surface area contributed by atoms with Crippen LogP contribution >= 0.6 is 0 Å². The van der Waals surface area contributed by atoms with Crippen molar-refractivity contribution in [3.05, 3.63) is 70.2 Å². The molecule has 174 valence electrons. The summed E-state index contributed by atoms with van der Waals surface area (Å²) < 4.78 is 69.6. The van der Waals surface area contributed by atoms with Crippen LogP contribution in [0.15, 0.2) is 41.8 Å². The van der Waals surface area contributed by atoms with Gasteiger partial charge >= 0.3 is 0 Å². The highest BCUT2D eigenvalue weighted by Gasteiger charge is 2.53. The van der Waals surface area contributed by atoms with Crippen molar-refractivity contribution in [3.63, 3.8) is 0 Å². The Morgan fingerprint density at radius 3 is 2.42 bits per heavy atom. The summed E-state index contributed by atoms with van der Waals surface area (Å²) >= 11 is 0. The van der Waals surface area contributed by atoms with Gasteiger partial charge in [0.1, 0.15) is 23.0 Å². The monoisotopic (exact) mass is 465 g/mol. The molecular formula is C22H20F5N5O. The van der Waals surface area contributed by atoms with Gasteiger partial charge in [0.15, 0.2) is 0 Å². The normalized spacial score (nSPS) is 15.8. The van der Waals surface area contributed by atoms with Gasteiger partial charge < -0.3 is 15.6 Å². The first-order chi connectivity index (χ1) is 15.6. The van der Waals surface area contributed by atoms with Crippen molar-refractivity contribution in [2.45, 2.75) is 44.2 Å². The third-order valence-corrected chi connectivity index (χ3v) is 5.74. The van der Waals surface area contributed by atoms with E-state index in [0.717, 1.165) is 16.7 Å². The van der Waals surface area contributed by atoms with Gasteiger partial charge in [-0.3, -0.25) is 4.79 Å². The average Bonchev–Trinajstić information content (AvgIpc) is 3.54. The SMILES string of the molecule is C=C[C@@H](Nc1nc(C)nc2cc(=O)n(C3(C(F)F)CC3)cc12)c1cc(N)cc(C(F)F)c1F. The van der Waals surface area contributed by atoms with E-state index in [0.29, 0.717) is 0 Å². The molecular weight excluding hydrogens is 445 g/mol. The second-order valence-electron chi connectivity index (χ2n) is 7.98. The lowest BCUT2D eigenvalue weighted by molar-refractivity contribution is 0.0654. The summed E-state index contributed by atoms with van der Waals surface area (Å²) in [5, 5.41) is 3.13. The fraction of sp³-hybridized carbons (Fsp3) is 0.318. The zero-order valence-electron chi connectivity index (χ0n) is 17.5. The first-order valence-corrected chi connectivity index (χ1v) is 10.0. The van der Waals surface area contributed by atoms with E-state index in [2.05, 4.69) is 21.9 Å². The molecule has 0 saturated heterocycles. The van der Waals surface area contributed by atoms with Crippen LogP contribution in [0.25, 0.3) is 10.9 Å². The van der Waals surface area contributed by atoms with Crippen LogP contribution in [0.3, 0.4) is 0 Å². The van der Waals surface area contributed by atoms with Crippen LogP contribution in [0.5, 0.6) is 0 Å². The Morgan fingerprint density at radius 2 is 1.85 bits per heavy atom. The number of nitrogen functional groups attached to an aromatic ring is 1. The maximum Gasteiger partial charge on any atom is 0.266 e. The molecule has 1 aliphatic rings. The van der Waals surface area contributed by atoms with E-state index in [1.165, 1.54) is 18.3 Å². The molecule has 33 heavy (non-hydrogen) atoms. The molecule has 0 bridgehead atoms. The summed E-state index contributed by atoms with van der Waals surface area (Å²) in [6.45, 7) is 5.18. The standard InChI is InChI=1S/C22H20F5N5O/c1-3-15(12-6-11(28)7-13(18(12)23)19(24)25)31-20-14-9-32(22(4-5-22)21(26)27)17(33)8-16(14)29-10(2)30-20/h3,6-9,15,19,21H,1,4-5,28H2,2H3,(H,29,30,31)/t15-/m1/s1. The molecule has 11 heteroatoms. The molecule has 2 aromatic heterocycles. The maximum atomic E-state index is 14.8. The van der Waals surface area contributed by atoms with Gasteiger partial charge in [-0.1, -0.05) is 6.08 Å². The molecule has 0 spiro atoms. The molecule has 1 aromatic carbocycles. The van der Waals surface area contributed by atoms with E-state index >= 15 is 0 Å². The first kappa shape index (κ1) is 22.7. The molecule has 4 rings (SSSR count). The molecule has 0 unspecified atom stereocenters. The minimum atomic E-state index is -3.08. The fourth-order valence-electron chi connectivity index (χ4n) is 3.86. The number of aryl methyl sites for hydroxylation is 1. The molecule has 0 amide bonds. The number of anilines is 2. The van der Waals surface area contributed by atoms with Crippen molar-refractivity contribution in [1.82, 2.24) is 14.5 Å². The van der Waals surface area contributed by atoms with E-state index in [9.17, 15) is 26.7 Å². The number of hydrogen-bond donors (Lipinski definition) is 2. The lowest BCUT2D eigenvalue weighted by Gasteiger charge is -2.22. The summed E-state index contributed by atoms with van der Waals surface area (Å²) in [5.74, 6) is -0.805. The van der Waals surface area contributed by atoms with Gasteiger partial charge in [-0.05, 0) is 31.9 Å². The van der Waals surface area contributed by atoms with Gasteiger partial charge in [-0.25, -0.2) is 31.9 Å². The van der Waals surface area contributed by atoms with E-state index < -0.39 is 41.4 Å². The van der Waals surface area contributed by atoms with Crippen molar-refractivity contribution in [2.24, 2.45) is 0 Å². The van der Waals surface area contributed by atoms with Gasteiger partial charge in [0.05, 0.1) is 22.5 Å². The van der Waals surface area contributed by atoms with Crippen LogP contribution in [0.1, 0.15) is 42.3 Å². The summed E-state index contributed by atoms with van der Waals surface area (Å²) in [7, 11) is 0. The molecule has 1 saturated carbocycles. The van der Waals surface area contributed by atoms with Gasteiger partial charge in [-0.2, -0.15) is 0 Å². The summed E-state index contributed by atoms with van der Waals surface area (Å²) in [6, 6.07) is 2.14. The van der Waals surface area contributed by atoms with Crippen LogP contribution in [-0.4, -0.2) is 21.0 Å². The van der Waals surface area contributed by atoms with Crippen molar-refractivity contribution in [2.75, 3.05) is 11.1 Å². The number of aromatic nitrogens is 3. The van der Waals surface area contributed by atoms with Crippen molar-refractivity contribution in [3.8, 4) is 0 Å². The van der Waals surface area contributed by atoms with Crippen molar-refractivity contribution in [1.29, 1.82) is 0 Å². The Kier molecular flexibility index (Phi) is 5.59. The summed E-state index contributed by atoms with van der Waals surface area (Å²) in [5.41, 5.74) is 2.55. The van der Waals surface area contributed by atoms with Crippen LogP contribution < -0.4 is 16.6 Å². The number of fused-ring (bicyclic) bond motifs is 1. The number of rotatable bonds is 7. The zero-order valence-corrected chi connectivity index (χ0v) is 17.5. The Hall–Kier alpha value is -3.50. The average molecular weight is 465 g/mol. The van der Waals surface area contributed by atoms with Gasteiger partial charge in [0.2, 0.25) is 0 Å². The lowest BCUT2D eigenvalue weighted by Crippen LogP contribution is -2.35. The topological polar surface area (TPSA) is 85.8 Å². The summed E-state index contributed by atoms with van der Waals surface area (Å²) in [6.07, 6.45) is -3.02. The fourth-order valence-corrected chi connectivity index (χ4v) is 3.86. The lowest BCUT2D eigenvalue weighted by atomic mass is 10.0. The molecule has 6 nitrogen and oxygen atoms in total. The smallest absolute Gasteiger partial charge is 0.266 e. The minimum Gasteiger partial charge on any atom is -0.399 e. The van der Waals surface area contributed by atoms with Gasteiger partial charge in [0.25, 0.3) is 18.4 Å². The van der Waals surface area contributed by atoms with Gasteiger partial charge in [0, 0.05) is 23.5 Å². The Bertz CT molecular complexity index is 1300. The second kappa shape index (κ2) is 8.13. The van der Waals surface area contributed by atoms with Crippen LogP contribution in [0.2, 0.25) is 0 Å². The third kappa shape index (κ3) is 3.91. The first-order valence-electron chi connectivity index (χ1n) is 10.0. The van der Waals surface area contributed by atoms with E-state index in [1.807, 2.05) is 0 Å². The Balaban J connectivity index is 1.85. The number of alkyl halides is 4. The number of nitrogens with two attached hydrogens (primary N) is 1. The Morgan fingerprint density at radius 1 is 1.18 bits per heavy atom. The predicted molar refractivity (Wildman–Crippen MR) is 114 cm³/mol. The highest BCUT2D eigenvalue weighted by molar-refractivity contribution is 5.88. The number of pyridine rings is 1. The summed E-state index contributed by atoms with van der Waals surface area (Å²) in [4.78, 5) is 21.0. The van der Waals surface area contributed by atoms with Crippen LogP contribution in [0, 0.1) is 12.7 Å². The second-order valence-corrected chi connectivity index (χ2v) is 7.98. The molecule has 0 aliphatic heterocycles. The van der Waals surface area contributed by atoms with Crippen LogP contribution in [0.4, 0.5) is 33.5 Å². The van der Waals surface area contributed by atoms with E-state index in [-0.39, 0.29) is 46.6 Å². The number of halogens is 5. The number of nitrogens with zero attached hydrogens (tertiary/aromatic N) is 3. The molecule has 1 aliphatic carbocycles. The predicted octanol–water partition coefficient (Wildman–Crippen LogP) is 4.85. The zero-order chi connectivity index (χ0) is 24.1. The molecule has 1 fully saturated rings. The highest BCUT2D eigenvalue weighted by atomic mass is 19.3. The number of nitrogens with one attached hydrogen (secondary N) is 1. The largest absolute Gasteiger partial charge is 0.399 e. The van der Waals surface area contributed by atoms with Crippen molar-refractivity contribution < 1.29 is 22.0 Å². The molecule has 3 aromatic rings. The van der Waals surface area contributed by atoms with E-state index in [4.69, 9.17) is 5.73 Å². The van der Waals surface area contributed by atoms with Gasteiger partial charge in [-0.15, -0.1) is 6.58 Å². The minimum absolute atomic E-state index is 0.0690. The van der Waals surface area contributed by atoms with E-state index in [1.54, 1.807) is 6.92 Å². The number of hydrogen-bond acceptors (Lipinski definition) is 5. The van der Waals surface area contributed by atoms with Crippen LogP contribution in [-0.2, 0) is 5.54 Å². The Labute approximate surface area is 185 Å². The van der Waals surface area contributed by atoms with Crippen molar-refractivity contribution >= 4 is 22.4 Å². The quantitative estimate of drug-likeness (QED) is 0.296. The highest BCUT2D eigenvalue weighted by Crippen LogP contribution is 2.48.